The van der Waals surface area contributed by atoms with Crippen LogP contribution in [0.5, 0.6) is 11.5 Å². The van der Waals surface area contributed by atoms with Gasteiger partial charge in [-0.1, -0.05) is 26.7 Å². The van der Waals surface area contributed by atoms with Gasteiger partial charge >= 0.3 is 0 Å². The molecule has 1 fully saturated rings. The Morgan fingerprint density at radius 2 is 1.67 bits per heavy atom. The van der Waals surface area contributed by atoms with Gasteiger partial charge in [-0.3, -0.25) is 0 Å². The summed E-state index contributed by atoms with van der Waals surface area (Å²) in [4.78, 5) is 0. The zero-order chi connectivity index (χ0) is 15.2. The minimum absolute atomic E-state index is 0.635. The van der Waals surface area contributed by atoms with Crippen LogP contribution in [0.3, 0.4) is 0 Å². The Labute approximate surface area is 129 Å². The van der Waals surface area contributed by atoms with Crippen molar-refractivity contribution in [1.82, 2.24) is 5.32 Å². The van der Waals surface area contributed by atoms with Crippen LogP contribution in [-0.2, 0) is 6.54 Å². The van der Waals surface area contributed by atoms with Crippen LogP contribution in [-0.4, -0.2) is 20.3 Å². The van der Waals surface area contributed by atoms with Crippen molar-refractivity contribution in [1.29, 1.82) is 0 Å². The summed E-state index contributed by atoms with van der Waals surface area (Å²) in [5.41, 5.74) is 1.22. The Morgan fingerprint density at radius 3 is 2.24 bits per heavy atom. The van der Waals surface area contributed by atoms with Gasteiger partial charge in [0, 0.05) is 18.7 Å². The summed E-state index contributed by atoms with van der Waals surface area (Å²) in [7, 11) is 3.39. The molecule has 0 saturated heterocycles. The van der Waals surface area contributed by atoms with Crippen molar-refractivity contribution in [2.24, 2.45) is 11.8 Å². The Balaban J connectivity index is 2.01. The van der Waals surface area contributed by atoms with Crippen molar-refractivity contribution >= 4 is 0 Å². The predicted molar refractivity (Wildman–Crippen MR) is 87.0 cm³/mol. The monoisotopic (exact) mass is 291 g/mol. The third-order valence-electron chi connectivity index (χ3n) is 4.66. The average Bonchev–Trinajstić information content (AvgIpc) is 2.52. The van der Waals surface area contributed by atoms with Gasteiger partial charge < -0.3 is 14.8 Å². The van der Waals surface area contributed by atoms with Crippen LogP contribution in [0.15, 0.2) is 18.2 Å². The van der Waals surface area contributed by atoms with Crippen LogP contribution in [0.2, 0.25) is 0 Å². The van der Waals surface area contributed by atoms with Crippen LogP contribution >= 0.6 is 0 Å². The number of benzene rings is 1. The molecule has 0 aromatic heterocycles. The number of hydrogen-bond acceptors (Lipinski definition) is 3. The smallest absolute Gasteiger partial charge is 0.122 e. The van der Waals surface area contributed by atoms with E-state index in [4.69, 9.17) is 9.47 Å². The highest BCUT2D eigenvalue weighted by Gasteiger charge is 2.26. The molecule has 0 bridgehead atoms. The van der Waals surface area contributed by atoms with Crippen molar-refractivity contribution in [3.05, 3.63) is 23.8 Å². The van der Waals surface area contributed by atoms with Gasteiger partial charge in [0.1, 0.15) is 11.5 Å². The lowest BCUT2D eigenvalue weighted by Gasteiger charge is -2.35. The fourth-order valence-corrected chi connectivity index (χ4v) is 3.43. The third kappa shape index (κ3) is 4.37. The molecule has 1 aliphatic carbocycles. The number of nitrogens with one attached hydrogen (secondary N) is 1. The van der Waals surface area contributed by atoms with Crippen LogP contribution in [0.1, 0.15) is 45.1 Å². The van der Waals surface area contributed by atoms with E-state index in [1.54, 1.807) is 14.2 Å². The summed E-state index contributed by atoms with van der Waals surface area (Å²) < 4.78 is 10.7. The number of rotatable bonds is 6. The van der Waals surface area contributed by atoms with E-state index in [1.165, 1.54) is 31.2 Å². The molecule has 21 heavy (non-hydrogen) atoms. The van der Waals surface area contributed by atoms with Gasteiger partial charge in [-0.15, -0.1) is 0 Å². The fourth-order valence-electron chi connectivity index (χ4n) is 3.43. The molecule has 0 amide bonds. The molecule has 0 radical (unpaired) electrons. The van der Waals surface area contributed by atoms with Gasteiger partial charge in [0.2, 0.25) is 0 Å². The van der Waals surface area contributed by atoms with Crippen molar-refractivity contribution in [3.63, 3.8) is 0 Å². The largest absolute Gasteiger partial charge is 0.497 e. The Hall–Kier alpha value is -1.22. The average molecular weight is 291 g/mol. The fraction of sp³-hybridized carbons (Fsp3) is 0.667. The van der Waals surface area contributed by atoms with Gasteiger partial charge in [0.25, 0.3) is 0 Å². The lowest BCUT2D eigenvalue weighted by atomic mass is 9.78. The highest BCUT2D eigenvalue weighted by Crippen LogP contribution is 2.30. The summed E-state index contributed by atoms with van der Waals surface area (Å²) in [6.45, 7) is 5.57. The third-order valence-corrected chi connectivity index (χ3v) is 4.66. The van der Waals surface area contributed by atoms with E-state index < -0.39 is 0 Å². The summed E-state index contributed by atoms with van der Waals surface area (Å²) in [6, 6.07) is 6.72. The maximum atomic E-state index is 5.34. The molecule has 3 nitrogen and oxygen atoms in total. The molecule has 0 aliphatic heterocycles. The molecule has 1 aliphatic rings. The summed E-state index contributed by atoms with van der Waals surface area (Å²) in [6.07, 6.45) is 5.39. The first-order valence-electron chi connectivity index (χ1n) is 8.09. The highest BCUT2D eigenvalue weighted by atomic mass is 16.5. The van der Waals surface area contributed by atoms with Crippen molar-refractivity contribution in [2.45, 2.75) is 52.1 Å². The molecule has 0 spiro atoms. The first kappa shape index (κ1) is 16.2. The van der Waals surface area contributed by atoms with E-state index in [1.807, 2.05) is 6.07 Å². The van der Waals surface area contributed by atoms with Crippen molar-refractivity contribution in [3.8, 4) is 11.5 Å². The second-order valence-electron chi connectivity index (χ2n) is 6.40. The second kappa shape index (κ2) is 7.69. The molecule has 2 rings (SSSR count). The number of methoxy groups -OCH3 is 2. The molecule has 1 N–H and O–H groups in total. The molecular formula is C18H29NO2. The first-order chi connectivity index (χ1) is 10.1. The summed E-state index contributed by atoms with van der Waals surface area (Å²) >= 11 is 0. The second-order valence-corrected chi connectivity index (χ2v) is 6.40. The normalized spacial score (nSPS) is 22.3. The molecule has 118 valence electrons. The minimum Gasteiger partial charge on any atom is -0.497 e. The van der Waals surface area contributed by atoms with Crippen LogP contribution in [0.25, 0.3) is 0 Å². The van der Waals surface area contributed by atoms with E-state index >= 15 is 0 Å². The molecule has 0 heterocycles. The van der Waals surface area contributed by atoms with Gasteiger partial charge in [0.15, 0.2) is 0 Å². The number of hydrogen-bond donors (Lipinski definition) is 1. The molecular weight excluding hydrogens is 262 g/mol. The van der Waals surface area contributed by atoms with E-state index in [0.717, 1.165) is 29.9 Å². The standard InChI is InChI=1S/C18H29NO2/c1-13(2)17-7-5-6-8-18(17)19-12-14-9-15(20-3)11-16(10-14)21-4/h9-11,13,17-19H,5-8,12H2,1-4H3. The summed E-state index contributed by atoms with van der Waals surface area (Å²) in [5.74, 6) is 3.26. The predicted octanol–water partition coefficient (Wildman–Crippen LogP) is 4.01. The molecule has 1 aromatic carbocycles. The van der Waals surface area contributed by atoms with E-state index in [-0.39, 0.29) is 0 Å². The van der Waals surface area contributed by atoms with E-state index in [0.29, 0.717) is 6.04 Å². The van der Waals surface area contributed by atoms with Crippen molar-refractivity contribution < 1.29 is 9.47 Å². The van der Waals surface area contributed by atoms with E-state index in [2.05, 4.69) is 31.3 Å². The van der Waals surface area contributed by atoms with Crippen LogP contribution in [0, 0.1) is 11.8 Å². The summed E-state index contributed by atoms with van der Waals surface area (Å²) in [5, 5.41) is 3.76. The van der Waals surface area contributed by atoms with Gasteiger partial charge in [0.05, 0.1) is 14.2 Å². The number of ether oxygens (including phenoxy) is 2. The molecule has 1 saturated carbocycles. The zero-order valence-electron chi connectivity index (χ0n) is 13.8. The SMILES string of the molecule is COc1cc(CNC2CCCCC2C(C)C)cc(OC)c1. The van der Waals surface area contributed by atoms with Crippen molar-refractivity contribution in [2.75, 3.05) is 14.2 Å². The maximum absolute atomic E-state index is 5.34. The zero-order valence-corrected chi connectivity index (χ0v) is 13.8. The lowest BCUT2D eigenvalue weighted by molar-refractivity contribution is 0.204. The Kier molecular flexibility index (Phi) is 5.92. The molecule has 2 atom stereocenters. The molecule has 3 heteroatoms. The minimum atomic E-state index is 0.635. The van der Waals surface area contributed by atoms with E-state index in [9.17, 15) is 0 Å². The quantitative estimate of drug-likeness (QED) is 0.859. The molecule has 1 aromatic rings. The van der Waals surface area contributed by atoms with Gasteiger partial charge in [-0.25, -0.2) is 0 Å². The Bertz CT molecular complexity index is 423. The first-order valence-corrected chi connectivity index (χ1v) is 8.09. The lowest BCUT2D eigenvalue weighted by Crippen LogP contribution is -2.40. The molecule has 2 unspecified atom stereocenters. The van der Waals surface area contributed by atoms with Crippen LogP contribution in [0.4, 0.5) is 0 Å². The van der Waals surface area contributed by atoms with Crippen LogP contribution < -0.4 is 14.8 Å². The highest BCUT2D eigenvalue weighted by molar-refractivity contribution is 5.38. The topological polar surface area (TPSA) is 30.5 Å². The van der Waals surface area contributed by atoms with Gasteiger partial charge in [-0.2, -0.15) is 0 Å². The van der Waals surface area contributed by atoms with Gasteiger partial charge in [-0.05, 0) is 42.4 Å². The Morgan fingerprint density at radius 1 is 1.05 bits per heavy atom. The maximum Gasteiger partial charge on any atom is 0.122 e.